The Morgan fingerprint density at radius 3 is 2.65 bits per heavy atom. The van der Waals surface area contributed by atoms with Gasteiger partial charge in [-0.3, -0.25) is 4.90 Å². The zero-order valence-corrected chi connectivity index (χ0v) is 12.0. The summed E-state index contributed by atoms with van der Waals surface area (Å²) < 4.78 is 0. The minimum atomic E-state index is 0.481. The van der Waals surface area contributed by atoms with E-state index in [1.165, 1.54) is 51.7 Å². The SMILES string of the molecule is CCCC(C)(CNCC)CN1CC2CCC1C2. The van der Waals surface area contributed by atoms with Crippen LogP contribution in [-0.4, -0.2) is 37.1 Å². The maximum Gasteiger partial charge on any atom is 0.00988 e. The fraction of sp³-hybridized carbons (Fsp3) is 1.00. The van der Waals surface area contributed by atoms with Crippen molar-refractivity contribution in [2.45, 2.75) is 58.9 Å². The molecule has 3 unspecified atom stereocenters. The molecular formula is C15H30N2. The number of nitrogens with zero attached hydrogens (tertiary/aromatic N) is 1. The molecule has 1 aliphatic carbocycles. The molecule has 0 spiro atoms. The minimum absolute atomic E-state index is 0.481. The van der Waals surface area contributed by atoms with Crippen LogP contribution >= 0.6 is 0 Å². The molecule has 1 saturated heterocycles. The van der Waals surface area contributed by atoms with Crippen LogP contribution in [0.25, 0.3) is 0 Å². The molecule has 2 nitrogen and oxygen atoms in total. The van der Waals surface area contributed by atoms with Crippen LogP contribution in [0.3, 0.4) is 0 Å². The lowest BCUT2D eigenvalue weighted by atomic mass is 9.84. The molecule has 2 bridgehead atoms. The summed E-state index contributed by atoms with van der Waals surface area (Å²) >= 11 is 0. The van der Waals surface area contributed by atoms with Crippen LogP contribution in [-0.2, 0) is 0 Å². The molecule has 0 radical (unpaired) electrons. The number of hydrogen-bond acceptors (Lipinski definition) is 2. The summed E-state index contributed by atoms with van der Waals surface area (Å²) in [6.07, 6.45) is 7.12. The molecule has 0 aromatic heterocycles. The summed E-state index contributed by atoms with van der Waals surface area (Å²) in [6.45, 7) is 12.0. The molecule has 2 fully saturated rings. The summed E-state index contributed by atoms with van der Waals surface area (Å²) in [5, 5.41) is 3.57. The molecule has 3 atom stereocenters. The molecule has 1 aliphatic heterocycles. The maximum atomic E-state index is 3.57. The van der Waals surface area contributed by atoms with Crippen molar-refractivity contribution in [1.82, 2.24) is 10.2 Å². The first-order chi connectivity index (χ1) is 8.17. The largest absolute Gasteiger partial charge is 0.316 e. The maximum absolute atomic E-state index is 3.57. The minimum Gasteiger partial charge on any atom is -0.316 e. The highest BCUT2D eigenvalue weighted by Gasteiger charge is 2.40. The van der Waals surface area contributed by atoms with Gasteiger partial charge >= 0.3 is 0 Å². The van der Waals surface area contributed by atoms with E-state index >= 15 is 0 Å². The van der Waals surface area contributed by atoms with E-state index in [0.717, 1.165) is 18.5 Å². The highest BCUT2D eigenvalue weighted by atomic mass is 15.2. The second-order valence-electron chi connectivity index (χ2n) is 6.60. The third-order valence-electron chi connectivity index (χ3n) is 4.76. The molecular weight excluding hydrogens is 208 g/mol. The number of likely N-dealkylation sites (tertiary alicyclic amines) is 1. The molecule has 1 saturated carbocycles. The van der Waals surface area contributed by atoms with Crippen molar-refractivity contribution in [2.24, 2.45) is 11.3 Å². The molecule has 2 aliphatic rings. The van der Waals surface area contributed by atoms with Gasteiger partial charge in [0.25, 0.3) is 0 Å². The van der Waals surface area contributed by atoms with E-state index in [0.29, 0.717) is 5.41 Å². The molecule has 0 aromatic rings. The third kappa shape index (κ3) is 3.23. The highest BCUT2D eigenvalue weighted by molar-refractivity contribution is 4.94. The first-order valence-electron chi connectivity index (χ1n) is 7.61. The molecule has 17 heavy (non-hydrogen) atoms. The van der Waals surface area contributed by atoms with Crippen LogP contribution in [0.2, 0.25) is 0 Å². The highest BCUT2D eigenvalue weighted by Crippen LogP contribution is 2.39. The number of nitrogens with one attached hydrogen (secondary N) is 1. The summed E-state index contributed by atoms with van der Waals surface area (Å²) in [7, 11) is 0. The summed E-state index contributed by atoms with van der Waals surface area (Å²) in [6, 6.07) is 0.929. The Labute approximate surface area is 107 Å². The Kier molecular flexibility index (Phi) is 4.48. The van der Waals surface area contributed by atoms with Crippen molar-refractivity contribution in [3.8, 4) is 0 Å². The third-order valence-corrected chi connectivity index (χ3v) is 4.76. The van der Waals surface area contributed by atoms with Gasteiger partial charge in [-0.05, 0) is 43.6 Å². The van der Waals surface area contributed by atoms with Gasteiger partial charge in [-0.15, -0.1) is 0 Å². The monoisotopic (exact) mass is 238 g/mol. The first-order valence-corrected chi connectivity index (χ1v) is 7.61. The Bertz CT molecular complexity index is 241. The lowest BCUT2D eigenvalue weighted by Crippen LogP contribution is -2.45. The van der Waals surface area contributed by atoms with Crippen LogP contribution in [0.1, 0.15) is 52.9 Å². The Morgan fingerprint density at radius 2 is 2.12 bits per heavy atom. The quantitative estimate of drug-likeness (QED) is 0.733. The number of fused-ring (bicyclic) bond motifs is 2. The van der Waals surface area contributed by atoms with Crippen molar-refractivity contribution in [1.29, 1.82) is 0 Å². The normalized spacial score (nSPS) is 31.9. The predicted octanol–water partition coefficient (Wildman–Crippen LogP) is 2.89. The van der Waals surface area contributed by atoms with E-state index in [9.17, 15) is 0 Å². The van der Waals surface area contributed by atoms with Gasteiger partial charge in [-0.1, -0.05) is 27.2 Å². The van der Waals surface area contributed by atoms with Gasteiger partial charge in [0.2, 0.25) is 0 Å². The van der Waals surface area contributed by atoms with E-state index < -0.39 is 0 Å². The molecule has 1 heterocycles. The number of piperidine rings is 1. The Morgan fingerprint density at radius 1 is 1.29 bits per heavy atom. The van der Waals surface area contributed by atoms with Crippen molar-refractivity contribution < 1.29 is 0 Å². The summed E-state index contributed by atoms with van der Waals surface area (Å²) in [4.78, 5) is 2.79. The lowest BCUT2D eigenvalue weighted by molar-refractivity contribution is 0.121. The van der Waals surface area contributed by atoms with Crippen LogP contribution in [0, 0.1) is 11.3 Å². The standard InChI is InChI=1S/C15H30N2/c1-4-8-15(3,11-16-5-2)12-17-10-13-6-7-14(17)9-13/h13-14,16H,4-12H2,1-3H3. The van der Waals surface area contributed by atoms with E-state index in [1.807, 2.05) is 0 Å². The molecule has 0 amide bonds. The molecule has 0 aromatic carbocycles. The lowest BCUT2D eigenvalue weighted by Gasteiger charge is -2.38. The van der Waals surface area contributed by atoms with Gasteiger partial charge < -0.3 is 5.32 Å². The van der Waals surface area contributed by atoms with Gasteiger partial charge in [-0.2, -0.15) is 0 Å². The van der Waals surface area contributed by atoms with E-state index in [2.05, 4.69) is 31.0 Å². The van der Waals surface area contributed by atoms with Crippen LogP contribution < -0.4 is 5.32 Å². The second kappa shape index (κ2) is 5.71. The Balaban J connectivity index is 1.88. The fourth-order valence-corrected chi connectivity index (χ4v) is 3.96. The van der Waals surface area contributed by atoms with E-state index in [-0.39, 0.29) is 0 Å². The van der Waals surface area contributed by atoms with Crippen molar-refractivity contribution in [3.63, 3.8) is 0 Å². The Hall–Kier alpha value is -0.0800. The van der Waals surface area contributed by atoms with E-state index in [4.69, 9.17) is 0 Å². The van der Waals surface area contributed by atoms with Crippen LogP contribution in [0.4, 0.5) is 0 Å². The van der Waals surface area contributed by atoms with Crippen LogP contribution in [0.5, 0.6) is 0 Å². The first kappa shape index (κ1) is 13.4. The van der Waals surface area contributed by atoms with Gasteiger partial charge in [0.15, 0.2) is 0 Å². The van der Waals surface area contributed by atoms with Gasteiger partial charge in [-0.25, -0.2) is 0 Å². The molecule has 2 heteroatoms. The van der Waals surface area contributed by atoms with Gasteiger partial charge in [0.05, 0.1) is 0 Å². The average Bonchev–Trinajstić information content (AvgIpc) is 2.88. The van der Waals surface area contributed by atoms with Gasteiger partial charge in [0.1, 0.15) is 0 Å². The smallest absolute Gasteiger partial charge is 0.00988 e. The van der Waals surface area contributed by atoms with E-state index in [1.54, 1.807) is 0 Å². The number of rotatable bonds is 7. The average molecular weight is 238 g/mol. The number of hydrogen-bond donors (Lipinski definition) is 1. The zero-order chi connectivity index (χ0) is 12.3. The summed E-state index contributed by atoms with van der Waals surface area (Å²) in [5.41, 5.74) is 0.481. The topological polar surface area (TPSA) is 15.3 Å². The predicted molar refractivity (Wildman–Crippen MR) is 74.3 cm³/mol. The molecule has 100 valence electrons. The van der Waals surface area contributed by atoms with Gasteiger partial charge in [0, 0.05) is 25.7 Å². The second-order valence-corrected chi connectivity index (χ2v) is 6.60. The van der Waals surface area contributed by atoms with Crippen LogP contribution in [0.15, 0.2) is 0 Å². The zero-order valence-electron chi connectivity index (χ0n) is 12.0. The summed E-state index contributed by atoms with van der Waals surface area (Å²) in [5.74, 6) is 1.03. The molecule has 1 N–H and O–H groups in total. The fourth-order valence-electron chi connectivity index (χ4n) is 3.96. The van der Waals surface area contributed by atoms with Crippen molar-refractivity contribution in [2.75, 3.05) is 26.2 Å². The van der Waals surface area contributed by atoms with Crippen molar-refractivity contribution in [3.05, 3.63) is 0 Å². The van der Waals surface area contributed by atoms with Crippen molar-refractivity contribution >= 4 is 0 Å². The molecule has 2 rings (SSSR count).